The van der Waals surface area contributed by atoms with Gasteiger partial charge in [0, 0.05) is 28.1 Å². The first-order valence-corrected chi connectivity index (χ1v) is 13.2. The first-order valence-electron chi connectivity index (χ1n) is 11.7. The van der Waals surface area contributed by atoms with E-state index in [1.165, 1.54) is 0 Å². The molecule has 1 atom stereocenters. The molecule has 198 valence electrons. The summed E-state index contributed by atoms with van der Waals surface area (Å²) in [4.78, 5) is 54.7. The number of esters is 1. The van der Waals surface area contributed by atoms with Gasteiger partial charge in [0.15, 0.2) is 0 Å². The first kappa shape index (κ1) is 26.4. The molecule has 0 N–H and O–H groups in total. The van der Waals surface area contributed by atoms with Gasteiger partial charge in [-0.2, -0.15) is 0 Å². The Kier molecular flexibility index (Phi) is 6.41. The number of cyclic esters (lactones) is 1. The molecule has 2 aliphatic rings. The summed E-state index contributed by atoms with van der Waals surface area (Å²) in [5.41, 5.74) is 1.56. The Labute approximate surface area is 235 Å². The van der Waals surface area contributed by atoms with Crippen molar-refractivity contribution >= 4 is 62.6 Å². The molecule has 0 amide bonds. The molecule has 0 saturated carbocycles. The zero-order chi connectivity index (χ0) is 27.6. The van der Waals surface area contributed by atoms with Gasteiger partial charge >= 0.3 is 17.6 Å². The number of carbonyl (C=O) groups excluding carboxylic acids is 3. The second-order valence-corrected chi connectivity index (χ2v) is 11.7. The van der Waals surface area contributed by atoms with Crippen LogP contribution in [0.1, 0.15) is 49.9 Å². The van der Waals surface area contributed by atoms with E-state index in [1.54, 1.807) is 72.2 Å². The smallest absolute Gasteiger partial charge is 0.457 e. The standard InChI is InChI=1S/C26H22ClIN2O8/c1-5-13-14-8-12(36-24(34)38-25(2,3)4)6-7-18(14)29-20-15(13)10-30-19(20)9-17-16(21(30)31)11-35-22(32)26(17,28)37-23(27)33/h6-9H,5,10-11H2,1-4H3/t26-/m0/s1. The number of aryl methyl sites for hydroxylation is 1. The summed E-state index contributed by atoms with van der Waals surface area (Å²) in [6, 6.07) is 6.70. The van der Waals surface area contributed by atoms with Crippen LogP contribution in [0, 0.1) is 0 Å². The highest BCUT2D eigenvalue weighted by Crippen LogP contribution is 2.44. The van der Waals surface area contributed by atoms with E-state index in [0.29, 0.717) is 29.1 Å². The SMILES string of the molecule is CCc1c2c(nc3ccc(OC(=O)OC(C)(C)C)cc13)-c1cc3c(c(=O)n1C2)COC(=O)[C@@]3(I)OC(=O)Cl. The van der Waals surface area contributed by atoms with E-state index in [4.69, 9.17) is 35.5 Å². The summed E-state index contributed by atoms with van der Waals surface area (Å²) in [7, 11) is 0. The summed E-state index contributed by atoms with van der Waals surface area (Å²) >= 11 is 7.07. The highest BCUT2D eigenvalue weighted by Gasteiger charge is 2.49. The third-order valence-electron chi connectivity index (χ3n) is 6.26. The van der Waals surface area contributed by atoms with Crippen LogP contribution in [0.2, 0.25) is 0 Å². The molecule has 38 heavy (non-hydrogen) atoms. The highest BCUT2D eigenvalue weighted by molar-refractivity contribution is 14.1. The van der Waals surface area contributed by atoms with Crippen LogP contribution >= 0.6 is 34.2 Å². The molecule has 3 aromatic rings. The summed E-state index contributed by atoms with van der Waals surface area (Å²) in [5.74, 6) is -0.528. The lowest BCUT2D eigenvalue weighted by Crippen LogP contribution is -2.43. The van der Waals surface area contributed by atoms with Crippen LogP contribution in [0.15, 0.2) is 29.1 Å². The van der Waals surface area contributed by atoms with Crippen LogP contribution in [0.5, 0.6) is 5.75 Å². The van der Waals surface area contributed by atoms with Crippen molar-refractivity contribution in [3.05, 3.63) is 56.9 Å². The third kappa shape index (κ3) is 4.41. The van der Waals surface area contributed by atoms with Crippen molar-refractivity contribution in [1.29, 1.82) is 0 Å². The van der Waals surface area contributed by atoms with Gasteiger partial charge in [-0.15, -0.1) is 0 Å². The number of nitrogens with zero attached hydrogens (tertiary/aromatic N) is 2. The monoisotopic (exact) mass is 652 g/mol. The van der Waals surface area contributed by atoms with Crippen molar-refractivity contribution in [1.82, 2.24) is 9.55 Å². The Bertz CT molecular complexity index is 1610. The second-order valence-electron chi connectivity index (χ2n) is 9.84. The molecule has 2 aliphatic heterocycles. The molecular formula is C26H22ClIN2O8. The van der Waals surface area contributed by atoms with E-state index in [0.717, 1.165) is 16.5 Å². The summed E-state index contributed by atoms with van der Waals surface area (Å²) in [6.07, 6.45) is -0.202. The van der Waals surface area contributed by atoms with E-state index in [1.807, 2.05) is 6.92 Å². The quantitative estimate of drug-likeness (QED) is 0.0723. The molecule has 2 aromatic heterocycles. The number of carbonyl (C=O) groups is 3. The first-order chi connectivity index (χ1) is 17.8. The van der Waals surface area contributed by atoms with Gasteiger partial charge in [0.05, 0.1) is 29.0 Å². The third-order valence-corrected chi connectivity index (χ3v) is 7.58. The maximum absolute atomic E-state index is 13.5. The Morgan fingerprint density at radius 1 is 1.21 bits per heavy atom. The van der Waals surface area contributed by atoms with Crippen molar-refractivity contribution in [3.8, 4) is 17.1 Å². The van der Waals surface area contributed by atoms with Crippen LogP contribution in [0.3, 0.4) is 0 Å². The largest absolute Gasteiger partial charge is 0.514 e. The van der Waals surface area contributed by atoms with Crippen LogP contribution in [-0.4, -0.2) is 32.7 Å². The molecular weight excluding hydrogens is 631 g/mol. The molecule has 0 aliphatic carbocycles. The number of hydrogen-bond acceptors (Lipinski definition) is 9. The molecule has 5 rings (SSSR count). The van der Waals surface area contributed by atoms with E-state index in [-0.39, 0.29) is 29.8 Å². The molecule has 0 fully saturated rings. The molecule has 4 heterocycles. The van der Waals surface area contributed by atoms with Gasteiger partial charge in [-0.1, -0.05) is 6.92 Å². The average Bonchev–Trinajstić information content (AvgIpc) is 3.17. The van der Waals surface area contributed by atoms with Crippen molar-refractivity contribution in [2.24, 2.45) is 0 Å². The predicted octanol–water partition coefficient (Wildman–Crippen LogP) is 5.32. The number of fused-ring (bicyclic) bond motifs is 5. The maximum Gasteiger partial charge on any atom is 0.514 e. The van der Waals surface area contributed by atoms with Gasteiger partial charge in [0.1, 0.15) is 18.0 Å². The lowest BCUT2D eigenvalue weighted by molar-refractivity contribution is -0.159. The summed E-state index contributed by atoms with van der Waals surface area (Å²) < 4.78 is 20.6. The number of benzene rings is 1. The number of aromatic nitrogens is 2. The number of hydrogen-bond donors (Lipinski definition) is 0. The van der Waals surface area contributed by atoms with Crippen molar-refractivity contribution in [2.75, 3.05) is 0 Å². The Morgan fingerprint density at radius 2 is 1.95 bits per heavy atom. The van der Waals surface area contributed by atoms with Gasteiger partial charge in [-0.25, -0.2) is 19.4 Å². The Morgan fingerprint density at radius 3 is 2.61 bits per heavy atom. The van der Waals surface area contributed by atoms with Gasteiger partial charge in [0.2, 0.25) is 0 Å². The number of rotatable bonds is 3. The summed E-state index contributed by atoms with van der Waals surface area (Å²) in [5, 5.41) is 0.774. The molecule has 12 heteroatoms. The van der Waals surface area contributed by atoms with Gasteiger partial charge in [-0.05, 0) is 79.6 Å². The molecule has 0 saturated heterocycles. The lowest BCUT2D eigenvalue weighted by atomic mass is 9.97. The fourth-order valence-electron chi connectivity index (χ4n) is 4.74. The lowest BCUT2D eigenvalue weighted by Gasteiger charge is -2.31. The highest BCUT2D eigenvalue weighted by atomic mass is 127. The van der Waals surface area contributed by atoms with E-state index >= 15 is 0 Å². The van der Waals surface area contributed by atoms with Crippen LogP contribution in [0.25, 0.3) is 22.3 Å². The minimum absolute atomic E-state index is 0.198. The molecule has 1 aromatic carbocycles. The summed E-state index contributed by atoms with van der Waals surface area (Å²) in [6.45, 7) is 7.22. The maximum atomic E-state index is 13.5. The van der Waals surface area contributed by atoms with E-state index in [9.17, 15) is 19.2 Å². The second kappa shape index (κ2) is 9.23. The normalized spacial score (nSPS) is 17.8. The van der Waals surface area contributed by atoms with Crippen LogP contribution in [0.4, 0.5) is 9.59 Å². The molecule has 10 nitrogen and oxygen atoms in total. The fourth-order valence-corrected chi connectivity index (χ4v) is 5.82. The van der Waals surface area contributed by atoms with Crippen molar-refractivity contribution < 1.29 is 33.3 Å². The minimum atomic E-state index is -1.90. The molecule has 0 spiro atoms. The fraction of sp³-hybridized carbons (Fsp3) is 0.346. The van der Waals surface area contributed by atoms with Crippen LogP contribution in [-0.2, 0) is 42.2 Å². The Hall–Kier alpha value is -3.19. The number of halogens is 2. The topological polar surface area (TPSA) is 123 Å². The van der Waals surface area contributed by atoms with Crippen molar-refractivity contribution in [3.63, 3.8) is 0 Å². The Balaban J connectivity index is 1.64. The minimum Gasteiger partial charge on any atom is -0.457 e. The van der Waals surface area contributed by atoms with E-state index < -0.39 is 26.8 Å². The molecule has 0 bridgehead atoms. The number of alkyl halides is 1. The predicted molar refractivity (Wildman–Crippen MR) is 145 cm³/mol. The van der Waals surface area contributed by atoms with Gasteiger partial charge < -0.3 is 23.5 Å². The van der Waals surface area contributed by atoms with Gasteiger partial charge in [0.25, 0.3) is 9.17 Å². The molecule has 0 radical (unpaired) electrons. The van der Waals surface area contributed by atoms with Crippen LogP contribution < -0.4 is 10.3 Å². The molecule has 0 unspecified atom stereocenters. The van der Waals surface area contributed by atoms with E-state index in [2.05, 4.69) is 0 Å². The van der Waals surface area contributed by atoms with Gasteiger partial charge in [-0.3, -0.25) is 4.79 Å². The van der Waals surface area contributed by atoms with Crippen molar-refractivity contribution in [2.45, 2.75) is 56.5 Å². The zero-order valence-electron chi connectivity index (χ0n) is 20.8. The number of pyridine rings is 2. The number of ether oxygens (including phenoxy) is 4. The average molecular weight is 653 g/mol. The zero-order valence-corrected chi connectivity index (χ0v) is 23.8.